The molecule has 0 aliphatic rings. The number of hydrogen-bond acceptors (Lipinski definition) is 3. The molecular formula is C12H19BrN2O. The lowest BCUT2D eigenvalue weighted by Gasteiger charge is -2.18. The molecule has 16 heavy (non-hydrogen) atoms. The van der Waals surface area contributed by atoms with E-state index in [-0.39, 0.29) is 12.6 Å². The quantitative estimate of drug-likeness (QED) is 0.835. The van der Waals surface area contributed by atoms with Crippen molar-refractivity contribution in [1.82, 2.24) is 10.2 Å². The second kappa shape index (κ2) is 7.01. The predicted octanol–water partition coefficient (Wildman–Crippen LogP) is 1.63. The molecule has 90 valence electrons. The van der Waals surface area contributed by atoms with Crippen LogP contribution in [0.5, 0.6) is 0 Å². The normalized spacial score (nSPS) is 13.1. The number of hydrogen-bond donors (Lipinski definition) is 2. The van der Waals surface area contributed by atoms with Gasteiger partial charge in [0.15, 0.2) is 0 Å². The number of nitrogens with one attached hydrogen (secondary N) is 1. The van der Waals surface area contributed by atoms with Gasteiger partial charge < -0.3 is 15.3 Å². The maximum atomic E-state index is 9.34. The molecule has 0 spiro atoms. The average molecular weight is 287 g/mol. The average Bonchev–Trinajstić information content (AvgIpc) is 2.24. The molecule has 0 fully saturated rings. The van der Waals surface area contributed by atoms with E-state index in [9.17, 15) is 5.11 Å². The van der Waals surface area contributed by atoms with Gasteiger partial charge in [0.05, 0.1) is 12.6 Å². The Morgan fingerprint density at radius 1 is 1.44 bits per heavy atom. The maximum Gasteiger partial charge on any atom is 0.0626 e. The fourth-order valence-electron chi connectivity index (χ4n) is 1.47. The third kappa shape index (κ3) is 4.61. The van der Waals surface area contributed by atoms with Gasteiger partial charge in [-0.25, -0.2) is 0 Å². The monoisotopic (exact) mass is 286 g/mol. The van der Waals surface area contributed by atoms with Crippen molar-refractivity contribution in [1.29, 1.82) is 0 Å². The van der Waals surface area contributed by atoms with Crippen molar-refractivity contribution in [3.05, 3.63) is 34.3 Å². The van der Waals surface area contributed by atoms with Crippen LogP contribution in [0.2, 0.25) is 0 Å². The van der Waals surface area contributed by atoms with E-state index in [0.717, 1.165) is 23.1 Å². The van der Waals surface area contributed by atoms with Crippen LogP contribution < -0.4 is 5.32 Å². The lowest BCUT2D eigenvalue weighted by atomic mass is 10.1. The molecule has 3 nitrogen and oxygen atoms in total. The molecule has 0 saturated carbocycles. The summed E-state index contributed by atoms with van der Waals surface area (Å²) in [5.41, 5.74) is 1.11. The van der Waals surface area contributed by atoms with Crippen molar-refractivity contribution in [2.45, 2.75) is 6.04 Å². The van der Waals surface area contributed by atoms with E-state index in [1.807, 2.05) is 38.4 Å². The summed E-state index contributed by atoms with van der Waals surface area (Å²) in [6.45, 7) is 1.94. The van der Waals surface area contributed by atoms with Crippen molar-refractivity contribution in [3.8, 4) is 0 Å². The van der Waals surface area contributed by atoms with Gasteiger partial charge in [0.2, 0.25) is 0 Å². The van der Waals surface area contributed by atoms with E-state index in [1.54, 1.807) is 0 Å². The van der Waals surface area contributed by atoms with Crippen molar-refractivity contribution in [2.24, 2.45) is 0 Å². The molecule has 0 amide bonds. The highest BCUT2D eigenvalue weighted by molar-refractivity contribution is 9.10. The largest absolute Gasteiger partial charge is 0.394 e. The third-order valence-corrected chi connectivity index (χ3v) is 2.88. The first-order valence-corrected chi connectivity index (χ1v) is 6.17. The van der Waals surface area contributed by atoms with Gasteiger partial charge in [-0.3, -0.25) is 0 Å². The highest BCUT2D eigenvalue weighted by Crippen LogP contribution is 2.17. The zero-order chi connectivity index (χ0) is 12.0. The summed E-state index contributed by atoms with van der Waals surface area (Å²) in [6, 6.07) is 8.03. The van der Waals surface area contributed by atoms with Gasteiger partial charge in [-0.2, -0.15) is 0 Å². The maximum absolute atomic E-state index is 9.34. The van der Waals surface area contributed by atoms with Crippen LogP contribution in [-0.2, 0) is 0 Å². The Morgan fingerprint density at radius 3 is 2.75 bits per heavy atom. The second-order valence-corrected chi connectivity index (χ2v) is 4.96. The molecule has 0 aliphatic heterocycles. The molecule has 1 atom stereocenters. The second-order valence-electron chi connectivity index (χ2n) is 4.05. The fraction of sp³-hybridized carbons (Fsp3) is 0.500. The molecule has 0 bridgehead atoms. The smallest absolute Gasteiger partial charge is 0.0626 e. The molecule has 0 aliphatic carbocycles. The van der Waals surface area contributed by atoms with Crippen LogP contribution in [-0.4, -0.2) is 43.8 Å². The third-order valence-electron chi connectivity index (χ3n) is 2.38. The highest BCUT2D eigenvalue weighted by Gasteiger charge is 2.09. The SMILES string of the molecule is CN(C)CCNC(CO)c1cccc(Br)c1. The minimum atomic E-state index is 0.0115. The molecule has 4 heteroatoms. The minimum absolute atomic E-state index is 0.0115. The van der Waals surface area contributed by atoms with E-state index in [4.69, 9.17) is 0 Å². The summed E-state index contributed by atoms with van der Waals surface area (Å²) >= 11 is 3.43. The number of aliphatic hydroxyl groups excluding tert-OH is 1. The Kier molecular flexibility index (Phi) is 5.98. The Hall–Kier alpha value is -0.420. The molecule has 1 rings (SSSR count). The Balaban J connectivity index is 2.53. The van der Waals surface area contributed by atoms with Gasteiger partial charge >= 0.3 is 0 Å². The highest BCUT2D eigenvalue weighted by atomic mass is 79.9. The summed E-state index contributed by atoms with van der Waals surface area (Å²) in [5, 5.41) is 12.7. The van der Waals surface area contributed by atoms with Gasteiger partial charge in [-0.15, -0.1) is 0 Å². The van der Waals surface area contributed by atoms with Crippen LogP contribution in [0.4, 0.5) is 0 Å². The zero-order valence-corrected chi connectivity index (χ0v) is 11.4. The molecule has 1 aromatic carbocycles. The van der Waals surface area contributed by atoms with E-state index in [0.29, 0.717) is 0 Å². The number of halogens is 1. The molecule has 0 radical (unpaired) electrons. The fourth-order valence-corrected chi connectivity index (χ4v) is 1.89. The Labute approximate surface area is 106 Å². The summed E-state index contributed by atoms with van der Waals surface area (Å²) in [5.74, 6) is 0. The lowest BCUT2D eigenvalue weighted by molar-refractivity contribution is 0.240. The van der Waals surface area contributed by atoms with Crippen LogP contribution in [0.15, 0.2) is 28.7 Å². The van der Waals surface area contributed by atoms with Crippen molar-refractivity contribution < 1.29 is 5.11 Å². The van der Waals surface area contributed by atoms with Crippen LogP contribution in [0, 0.1) is 0 Å². The van der Waals surface area contributed by atoms with Gasteiger partial charge in [0, 0.05) is 17.6 Å². The van der Waals surface area contributed by atoms with Crippen molar-refractivity contribution in [3.63, 3.8) is 0 Å². The molecule has 1 aromatic rings. The molecule has 0 saturated heterocycles. The summed E-state index contributed by atoms with van der Waals surface area (Å²) in [7, 11) is 4.07. The first-order valence-electron chi connectivity index (χ1n) is 5.38. The van der Waals surface area contributed by atoms with E-state index in [2.05, 4.69) is 26.1 Å². The lowest BCUT2D eigenvalue weighted by Crippen LogP contribution is -2.31. The number of rotatable bonds is 6. The van der Waals surface area contributed by atoms with E-state index in [1.165, 1.54) is 0 Å². The molecule has 1 unspecified atom stereocenters. The zero-order valence-electron chi connectivity index (χ0n) is 9.78. The van der Waals surface area contributed by atoms with Gasteiger partial charge in [0.1, 0.15) is 0 Å². The van der Waals surface area contributed by atoms with Gasteiger partial charge in [-0.1, -0.05) is 28.1 Å². The van der Waals surface area contributed by atoms with Crippen LogP contribution in [0.3, 0.4) is 0 Å². The number of benzene rings is 1. The molecule has 2 N–H and O–H groups in total. The van der Waals surface area contributed by atoms with E-state index < -0.39 is 0 Å². The minimum Gasteiger partial charge on any atom is -0.394 e. The topological polar surface area (TPSA) is 35.5 Å². The number of aliphatic hydroxyl groups is 1. The summed E-state index contributed by atoms with van der Waals surface area (Å²) < 4.78 is 1.04. The van der Waals surface area contributed by atoms with Crippen LogP contribution in [0.1, 0.15) is 11.6 Å². The standard InChI is InChI=1S/C12H19BrN2O/c1-15(2)7-6-14-12(9-16)10-4-3-5-11(13)8-10/h3-5,8,12,14,16H,6-7,9H2,1-2H3. The van der Waals surface area contributed by atoms with Crippen molar-refractivity contribution >= 4 is 15.9 Å². The first-order chi connectivity index (χ1) is 7.63. The number of likely N-dealkylation sites (N-methyl/N-ethyl adjacent to an activating group) is 1. The molecule has 0 heterocycles. The molecular weight excluding hydrogens is 268 g/mol. The molecule has 0 aromatic heterocycles. The van der Waals surface area contributed by atoms with Crippen molar-refractivity contribution in [2.75, 3.05) is 33.8 Å². The summed E-state index contributed by atoms with van der Waals surface area (Å²) in [6.07, 6.45) is 0. The number of nitrogens with zero attached hydrogens (tertiary/aromatic N) is 1. The van der Waals surface area contributed by atoms with Crippen LogP contribution in [0.25, 0.3) is 0 Å². The van der Waals surface area contributed by atoms with Crippen LogP contribution >= 0.6 is 15.9 Å². The van der Waals surface area contributed by atoms with Gasteiger partial charge in [0.25, 0.3) is 0 Å². The Morgan fingerprint density at radius 2 is 2.19 bits per heavy atom. The Bertz CT molecular complexity index is 318. The van der Waals surface area contributed by atoms with E-state index >= 15 is 0 Å². The predicted molar refractivity (Wildman–Crippen MR) is 70.5 cm³/mol. The van der Waals surface area contributed by atoms with Gasteiger partial charge in [-0.05, 0) is 31.8 Å². The summed E-state index contributed by atoms with van der Waals surface area (Å²) in [4.78, 5) is 2.11. The first kappa shape index (κ1) is 13.6.